The Morgan fingerprint density at radius 2 is 1.88 bits per heavy atom. The van der Waals surface area contributed by atoms with Crippen molar-refractivity contribution in [3.63, 3.8) is 0 Å². The third kappa shape index (κ3) is 2.30. The van der Waals surface area contributed by atoms with Crippen molar-refractivity contribution in [1.82, 2.24) is 14.8 Å². The Bertz CT molecular complexity index is 485. The fraction of sp³-hybridized carbons (Fsp3) is 0.385. The standard InChI is InChI=1S/C13H18N4/c1-4-9-17-10(2)15-16-13(17)11-5-7-12(14-3)8-6-11/h5-8,14H,4,9H2,1-3H3. The van der Waals surface area contributed by atoms with Gasteiger partial charge in [0.15, 0.2) is 5.82 Å². The van der Waals surface area contributed by atoms with Crippen molar-refractivity contribution in [2.45, 2.75) is 26.8 Å². The fourth-order valence-electron chi connectivity index (χ4n) is 1.87. The van der Waals surface area contributed by atoms with E-state index in [0.29, 0.717) is 0 Å². The van der Waals surface area contributed by atoms with Gasteiger partial charge in [0, 0.05) is 24.8 Å². The van der Waals surface area contributed by atoms with Crippen molar-refractivity contribution in [1.29, 1.82) is 0 Å². The molecule has 0 radical (unpaired) electrons. The van der Waals surface area contributed by atoms with Crippen LogP contribution < -0.4 is 5.32 Å². The Hall–Kier alpha value is -1.84. The molecule has 1 heterocycles. The summed E-state index contributed by atoms with van der Waals surface area (Å²) in [6, 6.07) is 8.24. The molecule has 0 amide bonds. The maximum Gasteiger partial charge on any atom is 0.163 e. The first-order valence-corrected chi connectivity index (χ1v) is 5.94. The molecule has 0 spiro atoms. The van der Waals surface area contributed by atoms with Gasteiger partial charge in [-0.15, -0.1) is 10.2 Å². The van der Waals surface area contributed by atoms with Gasteiger partial charge in [-0.05, 0) is 37.6 Å². The van der Waals surface area contributed by atoms with Gasteiger partial charge in [0.1, 0.15) is 5.82 Å². The van der Waals surface area contributed by atoms with Crippen molar-refractivity contribution < 1.29 is 0 Å². The maximum atomic E-state index is 4.25. The highest BCUT2D eigenvalue weighted by molar-refractivity contribution is 5.59. The van der Waals surface area contributed by atoms with E-state index in [0.717, 1.165) is 35.9 Å². The molecule has 1 aromatic carbocycles. The molecular weight excluding hydrogens is 212 g/mol. The van der Waals surface area contributed by atoms with E-state index in [2.05, 4.69) is 51.3 Å². The summed E-state index contributed by atoms with van der Waals surface area (Å²) < 4.78 is 2.16. The number of anilines is 1. The lowest BCUT2D eigenvalue weighted by atomic mass is 10.2. The molecule has 0 saturated heterocycles. The van der Waals surface area contributed by atoms with Gasteiger partial charge in [-0.2, -0.15) is 0 Å². The highest BCUT2D eigenvalue weighted by Crippen LogP contribution is 2.20. The number of rotatable bonds is 4. The van der Waals surface area contributed by atoms with Gasteiger partial charge in [-0.1, -0.05) is 6.92 Å². The summed E-state index contributed by atoms with van der Waals surface area (Å²) in [6.07, 6.45) is 1.08. The minimum Gasteiger partial charge on any atom is -0.388 e. The van der Waals surface area contributed by atoms with Crippen molar-refractivity contribution in [2.24, 2.45) is 0 Å². The van der Waals surface area contributed by atoms with Gasteiger partial charge in [-0.25, -0.2) is 0 Å². The van der Waals surface area contributed by atoms with Crippen LogP contribution in [-0.4, -0.2) is 21.8 Å². The molecule has 0 atom stereocenters. The van der Waals surface area contributed by atoms with E-state index in [1.165, 1.54) is 0 Å². The third-order valence-electron chi connectivity index (χ3n) is 2.81. The first-order chi connectivity index (χ1) is 8.26. The van der Waals surface area contributed by atoms with Crippen LogP contribution in [0.2, 0.25) is 0 Å². The molecule has 1 N–H and O–H groups in total. The maximum absolute atomic E-state index is 4.25. The van der Waals surface area contributed by atoms with Crippen molar-refractivity contribution in [2.75, 3.05) is 12.4 Å². The Kier molecular flexibility index (Phi) is 3.42. The quantitative estimate of drug-likeness (QED) is 0.878. The molecule has 0 aliphatic heterocycles. The summed E-state index contributed by atoms with van der Waals surface area (Å²) in [5.74, 6) is 1.92. The second-order valence-electron chi connectivity index (χ2n) is 4.05. The van der Waals surface area contributed by atoms with Gasteiger partial charge in [0.2, 0.25) is 0 Å². The van der Waals surface area contributed by atoms with Gasteiger partial charge in [0.05, 0.1) is 0 Å². The van der Waals surface area contributed by atoms with Gasteiger partial charge < -0.3 is 9.88 Å². The van der Waals surface area contributed by atoms with Crippen molar-refractivity contribution >= 4 is 5.69 Å². The van der Waals surface area contributed by atoms with Crippen LogP contribution in [0.4, 0.5) is 5.69 Å². The van der Waals surface area contributed by atoms with E-state index in [4.69, 9.17) is 0 Å². The summed E-state index contributed by atoms with van der Waals surface area (Å²) in [5, 5.41) is 11.5. The van der Waals surface area contributed by atoms with E-state index >= 15 is 0 Å². The summed E-state index contributed by atoms with van der Waals surface area (Å²) in [7, 11) is 1.92. The lowest BCUT2D eigenvalue weighted by Crippen LogP contribution is -2.02. The molecule has 17 heavy (non-hydrogen) atoms. The van der Waals surface area contributed by atoms with E-state index in [-0.39, 0.29) is 0 Å². The largest absolute Gasteiger partial charge is 0.388 e. The smallest absolute Gasteiger partial charge is 0.163 e. The molecule has 1 aromatic heterocycles. The lowest BCUT2D eigenvalue weighted by Gasteiger charge is -2.07. The number of hydrogen-bond donors (Lipinski definition) is 1. The zero-order chi connectivity index (χ0) is 12.3. The molecule has 4 heteroatoms. The van der Waals surface area contributed by atoms with Gasteiger partial charge in [0.25, 0.3) is 0 Å². The molecule has 4 nitrogen and oxygen atoms in total. The van der Waals surface area contributed by atoms with Crippen LogP contribution in [0.5, 0.6) is 0 Å². The van der Waals surface area contributed by atoms with Crippen molar-refractivity contribution in [3.8, 4) is 11.4 Å². The van der Waals surface area contributed by atoms with E-state index in [1.54, 1.807) is 0 Å². The molecular formula is C13H18N4. The molecule has 0 aliphatic rings. The van der Waals surface area contributed by atoms with Crippen LogP contribution >= 0.6 is 0 Å². The zero-order valence-electron chi connectivity index (χ0n) is 10.6. The fourth-order valence-corrected chi connectivity index (χ4v) is 1.87. The SMILES string of the molecule is CCCn1c(C)nnc1-c1ccc(NC)cc1. The molecule has 0 fully saturated rings. The summed E-state index contributed by atoms with van der Waals surface area (Å²) in [4.78, 5) is 0. The van der Waals surface area contributed by atoms with Crippen LogP contribution in [0.1, 0.15) is 19.2 Å². The lowest BCUT2D eigenvalue weighted by molar-refractivity contribution is 0.663. The van der Waals surface area contributed by atoms with Crippen molar-refractivity contribution in [3.05, 3.63) is 30.1 Å². The van der Waals surface area contributed by atoms with E-state index in [9.17, 15) is 0 Å². The first kappa shape index (κ1) is 11.6. The Morgan fingerprint density at radius 3 is 2.47 bits per heavy atom. The summed E-state index contributed by atoms with van der Waals surface area (Å²) in [6.45, 7) is 5.11. The highest BCUT2D eigenvalue weighted by atomic mass is 15.3. The van der Waals surface area contributed by atoms with Gasteiger partial charge >= 0.3 is 0 Å². The molecule has 0 bridgehead atoms. The van der Waals surface area contributed by atoms with Crippen LogP contribution in [0, 0.1) is 6.92 Å². The zero-order valence-corrected chi connectivity index (χ0v) is 10.6. The second kappa shape index (κ2) is 4.99. The summed E-state index contributed by atoms with van der Waals surface area (Å²) in [5.41, 5.74) is 2.21. The van der Waals surface area contributed by atoms with Crippen LogP contribution in [0.25, 0.3) is 11.4 Å². The van der Waals surface area contributed by atoms with Crippen LogP contribution in [-0.2, 0) is 6.54 Å². The highest BCUT2D eigenvalue weighted by Gasteiger charge is 2.09. The molecule has 0 unspecified atom stereocenters. The summed E-state index contributed by atoms with van der Waals surface area (Å²) >= 11 is 0. The normalized spacial score (nSPS) is 10.5. The minimum atomic E-state index is 0.951. The number of benzene rings is 1. The molecule has 2 aromatic rings. The van der Waals surface area contributed by atoms with Gasteiger partial charge in [-0.3, -0.25) is 0 Å². The molecule has 2 rings (SSSR count). The number of nitrogens with one attached hydrogen (secondary N) is 1. The Labute approximate surface area is 102 Å². The number of hydrogen-bond acceptors (Lipinski definition) is 3. The minimum absolute atomic E-state index is 0.951. The predicted molar refractivity (Wildman–Crippen MR) is 70.0 cm³/mol. The van der Waals surface area contributed by atoms with E-state index < -0.39 is 0 Å². The second-order valence-corrected chi connectivity index (χ2v) is 4.05. The average Bonchev–Trinajstić information content (AvgIpc) is 2.72. The molecule has 0 saturated carbocycles. The molecule has 90 valence electrons. The number of aryl methyl sites for hydroxylation is 1. The van der Waals surface area contributed by atoms with E-state index in [1.807, 2.05) is 14.0 Å². The number of aromatic nitrogens is 3. The monoisotopic (exact) mass is 230 g/mol. The molecule has 0 aliphatic carbocycles. The van der Waals surface area contributed by atoms with Crippen LogP contribution in [0.3, 0.4) is 0 Å². The topological polar surface area (TPSA) is 42.7 Å². The Balaban J connectivity index is 2.38. The van der Waals surface area contributed by atoms with Crippen LogP contribution in [0.15, 0.2) is 24.3 Å². The Morgan fingerprint density at radius 1 is 1.18 bits per heavy atom. The average molecular weight is 230 g/mol. The first-order valence-electron chi connectivity index (χ1n) is 5.94. The number of nitrogens with zero attached hydrogens (tertiary/aromatic N) is 3. The third-order valence-corrected chi connectivity index (χ3v) is 2.81. The predicted octanol–water partition coefficient (Wildman–Crippen LogP) is 2.71.